The Kier molecular flexibility index (Phi) is 2.03. The van der Waals surface area contributed by atoms with Crippen molar-refractivity contribution < 1.29 is 5.21 Å². The lowest BCUT2D eigenvalue weighted by atomic mass is 10.5. The summed E-state index contributed by atoms with van der Waals surface area (Å²) in [6.07, 6.45) is 3.43. The van der Waals surface area contributed by atoms with E-state index in [1.807, 2.05) is 11.7 Å². The van der Waals surface area contributed by atoms with Gasteiger partial charge in [0, 0.05) is 0 Å². The molecule has 0 aliphatic rings. The topological polar surface area (TPSA) is 86.7 Å². The zero-order chi connectivity index (χ0) is 9.26. The second kappa shape index (κ2) is 3.19. The van der Waals surface area contributed by atoms with E-state index in [0.717, 1.165) is 10.5 Å². The molecule has 3 N–H and O–H groups in total. The van der Waals surface area contributed by atoms with Crippen LogP contribution >= 0.6 is 11.8 Å². The third-order valence-corrected chi connectivity index (χ3v) is 2.23. The molecule has 0 aliphatic heterocycles. The summed E-state index contributed by atoms with van der Waals surface area (Å²) in [5.41, 5.74) is 3.22. The molecule has 2 rings (SSSR count). The van der Waals surface area contributed by atoms with Crippen LogP contribution in [-0.2, 0) is 0 Å². The number of fused-ring (bicyclic) bond motifs is 1. The molecule has 0 fully saturated rings. The zero-order valence-corrected chi connectivity index (χ0v) is 7.59. The lowest BCUT2D eigenvalue weighted by molar-refractivity contribution is 0.382. The van der Waals surface area contributed by atoms with E-state index < -0.39 is 0 Å². The molecule has 6 nitrogen and oxygen atoms in total. The summed E-state index contributed by atoms with van der Waals surface area (Å²) in [6.45, 7) is 0. The molecule has 7 heteroatoms. The van der Waals surface area contributed by atoms with E-state index in [1.165, 1.54) is 11.8 Å². The first-order valence-electron chi connectivity index (χ1n) is 3.50. The van der Waals surface area contributed by atoms with Gasteiger partial charge < -0.3 is 4.98 Å². The summed E-state index contributed by atoms with van der Waals surface area (Å²) in [5, 5.41) is 9.38. The Morgan fingerprint density at radius 2 is 2.38 bits per heavy atom. The van der Waals surface area contributed by atoms with Gasteiger partial charge in [-0.15, -0.1) is 11.8 Å². The van der Waals surface area contributed by atoms with Crippen LogP contribution in [0.4, 0.5) is 5.95 Å². The maximum absolute atomic E-state index is 8.63. The number of imidazole rings is 1. The standard InChI is InChI=1S/C6H7N5OS/c1-13-5-3-4(8-2-7-3)9-6(10-5)11-12/h2,12H,1H3,(H2,7,8,9,10,11). The molecule has 2 aromatic rings. The lowest BCUT2D eigenvalue weighted by Crippen LogP contribution is -1.98. The number of rotatable bonds is 2. The van der Waals surface area contributed by atoms with Crippen molar-refractivity contribution >= 4 is 28.9 Å². The monoisotopic (exact) mass is 197 g/mol. The first kappa shape index (κ1) is 8.27. The van der Waals surface area contributed by atoms with Crippen molar-refractivity contribution in [1.82, 2.24) is 19.9 Å². The van der Waals surface area contributed by atoms with Crippen LogP contribution in [0.15, 0.2) is 11.4 Å². The van der Waals surface area contributed by atoms with Crippen molar-refractivity contribution in [2.75, 3.05) is 11.7 Å². The van der Waals surface area contributed by atoms with E-state index in [1.54, 1.807) is 6.33 Å². The molecule has 0 saturated carbocycles. The Morgan fingerprint density at radius 3 is 3.08 bits per heavy atom. The fourth-order valence-corrected chi connectivity index (χ4v) is 1.54. The molecule has 0 atom stereocenters. The van der Waals surface area contributed by atoms with Crippen molar-refractivity contribution in [2.24, 2.45) is 0 Å². The van der Waals surface area contributed by atoms with Gasteiger partial charge in [-0.05, 0) is 6.26 Å². The maximum atomic E-state index is 8.63. The van der Waals surface area contributed by atoms with Gasteiger partial charge in [0.25, 0.3) is 0 Å². The first-order valence-corrected chi connectivity index (χ1v) is 4.73. The summed E-state index contributed by atoms with van der Waals surface area (Å²) < 4.78 is 0. The molecule has 0 spiro atoms. The highest BCUT2D eigenvalue weighted by molar-refractivity contribution is 7.98. The summed E-state index contributed by atoms with van der Waals surface area (Å²) in [6, 6.07) is 0. The van der Waals surface area contributed by atoms with E-state index in [9.17, 15) is 0 Å². The third kappa shape index (κ3) is 1.31. The number of aromatic nitrogens is 4. The van der Waals surface area contributed by atoms with Gasteiger partial charge >= 0.3 is 0 Å². The summed E-state index contributed by atoms with van der Waals surface area (Å²) in [5.74, 6) is 0.156. The van der Waals surface area contributed by atoms with Crippen molar-refractivity contribution in [3.63, 3.8) is 0 Å². The van der Waals surface area contributed by atoms with Crippen molar-refractivity contribution in [2.45, 2.75) is 5.03 Å². The Morgan fingerprint density at radius 1 is 1.54 bits per heavy atom. The van der Waals surface area contributed by atoms with Gasteiger partial charge in [-0.3, -0.25) is 5.21 Å². The Labute approximate surface area is 77.8 Å². The molecule has 68 valence electrons. The van der Waals surface area contributed by atoms with E-state index >= 15 is 0 Å². The predicted molar refractivity (Wildman–Crippen MR) is 48.9 cm³/mol. The number of hydrogen-bond donors (Lipinski definition) is 3. The SMILES string of the molecule is CSc1nc(NO)nc2nc[nH]c12. The van der Waals surface area contributed by atoms with Crippen LogP contribution < -0.4 is 5.48 Å². The summed E-state index contributed by atoms with van der Waals surface area (Å²) in [7, 11) is 0. The molecular formula is C6H7N5OS. The fourth-order valence-electron chi connectivity index (χ4n) is 1.00. The Balaban J connectivity index is 2.70. The van der Waals surface area contributed by atoms with Gasteiger partial charge in [0.1, 0.15) is 10.5 Å². The quantitative estimate of drug-likeness (QED) is 0.376. The van der Waals surface area contributed by atoms with Crippen LogP contribution in [-0.4, -0.2) is 31.4 Å². The summed E-state index contributed by atoms with van der Waals surface area (Å²) >= 11 is 1.46. The van der Waals surface area contributed by atoms with E-state index in [4.69, 9.17) is 5.21 Å². The average molecular weight is 197 g/mol. The van der Waals surface area contributed by atoms with Crippen LogP contribution in [0.5, 0.6) is 0 Å². The molecule has 0 unspecified atom stereocenters. The molecule has 0 amide bonds. The molecule has 0 radical (unpaired) electrons. The minimum atomic E-state index is 0.156. The van der Waals surface area contributed by atoms with Gasteiger partial charge in [0.2, 0.25) is 5.95 Å². The van der Waals surface area contributed by atoms with Gasteiger partial charge in [0.05, 0.1) is 6.33 Å². The Hall–Kier alpha value is -1.34. The van der Waals surface area contributed by atoms with Crippen molar-refractivity contribution in [3.05, 3.63) is 6.33 Å². The molecule has 0 aliphatic carbocycles. The van der Waals surface area contributed by atoms with Crippen molar-refractivity contribution in [3.8, 4) is 0 Å². The van der Waals surface area contributed by atoms with E-state index in [2.05, 4.69) is 19.9 Å². The van der Waals surface area contributed by atoms with Crippen LogP contribution in [0.1, 0.15) is 0 Å². The van der Waals surface area contributed by atoms with Crippen LogP contribution in [0.25, 0.3) is 11.2 Å². The molecular weight excluding hydrogens is 190 g/mol. The minimum Gasteiger partial charge on any atom is -0.341 e. The van der Waals surface area contributed by atoms with Crippen LogP contribution in [0.2, 0.25) is 0 Å². The number of nitrogens with zero attached hydrogens (tertiary/aromatic N) is 3. The van der Waals surface area contributed by atoms with E-state index in [0.29, 0.717) is 5.65 Å². The van der Waals surface area contributed by atoms with E-state index in [-0.39, 0.29) is 5.95 Å². The number of anilines is 1. The Bertz CT molecular complexity index is 428. The molecule has 0 saturated heterocycles. The zero-order valence-electron chi connectivity index (χ0n) is 6.77. The summed E-state index contributed by atoms with van der Waals surface area (Å²) in [4.78, 5) is 14.9. The van der Waals surface area contributed by atoms with Crippen molar-refractivity contribution in [1.29, 1.82) is 0 Å². The second-order valence-corrected chi connectivity index (χ2v) is 3.06. The first-order chi connectivity index (χ1) is 6.35. The highest BCUT2D eigenvalue weighted by Gasteiger charge is 2.07. The smallest absolute Gasteiger partial charge is 0.250 e. The average Bonchev–Trinajstić information content (AvgIpc) is 2.63. The minimum absolute atomic E-state index is 0.156. The normalized spacial score (nSPS) is 10.6. The largest absolute Gasteiger partial charge is 0.341 e. The van der Waals surface area contributed by atoms with Gasteiger partial charge in [-0.2, -0.15) is 4.98 Å². The van der Waals surface area contributed by atoms with Gasteiger partial charge in [-0.1, -0.05) is 0 Å². The van der Waals surface area contributed by atoms with Gasteiger partial charge in [-0.25, -0.2) is 15.4 Å². The highest BCUT2D eigenvalue weighted by Crippen LogP contribution is 2.21. The number of nitrogens with one attached hydrogen (secondary N) is 2. The molecule has 0 aromatic carbocycles. The molecule has 13 heavy (non-hydrogen) atoms. The predicted octanol–water partition coefficient (Wildman–Crippen LogP) is 0.876. The number of thioether (sulfide) groups is 1. The number of H-pyrrole nitrogens is 1. The van der Waals surface area contributed by atoms with Crippen LogP contribution in [0.3, 0.4) is 0 Å². The third-order valence-electron chi connectivity index (χ3n) is 1.55. The molecule has 0 bridgehead atoms. The lowest BCUT2D eigenvalue weighted by Gasteiger charge is -2.00. The van der Waals surface area contributed by atoms with Gasteiger partial charge in [0.15, 0.2) is 5.65 Å². The fraction of sp³-hybridized carbons (Fsp3) is 0.167. The second-order valence-electron chi connectivity index (χ2n) is 2.27. The highest BCUT2D eigenvalue weighted by atomic mass is 32.2. The maximum Gasteiger partial charge on any atom is 0.250 e. The number of aromatic amines is 1. The van der Waals surface area contributed by atoms with Crippen LogP contribution in [0, 0.1) is 0 Å². The molecule has 2 aromatic heterocycles. The molecule has 2 heterocycles. The number of hydrogen-bond acceptors (Lipinski definition) is 6.